The molecular formula is C16H24N4OS. The molecule has 0 saturated heterocycles. The van der Waals surface area contributed by atoms with Crippen molar-refractivity contribution in [1.29, 1.82) is 0 Å². The molecule has 0 aliphatic heterocycles. The monoisotopic (exact) mass is 320 g/mol. The highest BCUT2D eigenvalue weighted by Crippen LogP contribution is 2.37. The molecule has 22 heavy (non-hydrogen) atoms. The van der Waals surface area contributed by atoms with E-state index < -0.39 is 6.10 Å². The number of thiazole rings is 1. The van der Waals surface area contributed by atoms with E-state index in [2.05, 4.69) is 24.0 Å². The predicted octanol–water partition coefficient (Wildman–Crippen LogP) is 2.27. The van der Waals surface area contributed by atoms with Gasteiger partial charge in [0.2, 0.25) is 0 Å². The Morgan fingerprint density at radius 3 is 3.14 bits per heavy atom. The number of hydrogen-bond acceptors (Lipinski definition) is 5. The zero-order valence-electron chi connectivity index (χ0n) is 13.3. The molecule has 2 atom stereocenters. The maximum atomic E-state index is 10.3. The number of aliphatic hydroxyl groups excluding tert-OH is 1. The van der Waals surface area contributed by atoms with E-state index in [9.17, 15) is 5.11 Å². The van der Waals surface area contributed by atoms with Crippen molar-refractivity contribution in [1.82, 2.24) is 19.7 Å². The van der Waals surface area contributed by atoms with E-state index in [4.69, 9.17) is 4.98 Å². The van der Waals surface area contributed by atoms with Gasteiger partial charge in [0, 0.05) is 29.9 Å². The topological polar surface area (TPSA) is 54.2 Å². The van der Waals surface area contributed by atoms with Crippen molar-refractivity contribution in [2.24, 2.45) is 0 Å². The van der Waals surface area contributed by atoms with Crippen molar-refractivity contribution in [3.05, 3.63) is 34.0 Å². The van der Waals surface area contributed by atoms with Crippen LogP contribution in [0.3, 0.4) is 0 Å². The van der Waals surface area contributed by atoms with Crippen molar-refractivity contribution in [3.8, 4) is 0 Å². The fourth-order valence-corrected chi connectivity index (χ4v) is 4.41. The van der Waals surface area contributed by atoms with Crippen LogP contribution in [-0.2, 0) is 19.4 Å². The molecule has 0 bridgehead atoms. The third kappa shape index (κ3) is 3.39. The van der Waals surface area contributed by atoms with Crippen molar-refractivity contribution in [2.45, 2.75) is 51.3 Å². The second-order valence-corrected chi connectivity index (χ2v) is 7.12. The SMILES string of the molecule is CCc1nc2c(s1)[C@@H](N(C)C[C@@H](O)Cn1cccn1)CCC2. The van der Waals surface area contributed by atoms with Gasteiger partial charge in [-0.05, 0) is 38.8 Å². The number of fused-ring (bicyclic) bond motifs is 1. The second-order valence-electron chi connectivity index (χ2n) is 6.00. The standard InChI is InChI=1S/C16H24N4OS/c1-3-15-18-13-6-4-7-14(16(13)22-15)19(2)10-12(21)11-20-9-5-8-17-20/h5,8-9,12,14,21H,3-4,6-7,10-11H2,1-2H3/t12-,14+/m1/s1. The van der Waals surface area contributed by atoms with Gasteiger partial charge >= 0.3 is 0 Å². The van der Waals surface area contributed by atoms with Crippen LogP contribution in [-0.4, -0.2) is 44.5 Å². The number of nitrogens with zero attached hydrogens (tertiary/aromatic N) is 4. The molecule has 3 rings (SSSR count). The Bertz CT molecular complexity index is 595. The summed E-state index contributed by atoms with van der Waals surface area (Å²) >= 11 is 1.85. The molecule has 0 saturated carbocycles. The van der Waals surface area contributed by atoms with Crippen LogP contribution >= 0.6 is 11.3 Å². The van der Waals surface area contributed by atoms with Crippen LogP contribution in [0.4, 0.5) is 0 Å². The molecule has 0 amide bonds. The van der Waals surface area contributed by atoms with Gasteiger partial charge in [-0.25, -0.2) is 4.98 Å². The lowest BCUT2D eigenvalue weighted by Crippen LogP contribution is -2.35. The molecule has 6 heteroatoms. The molecule has 0 aromatic carbocycles. The molecule has 120 valence electrons. The van der Waals surface area contributed by atoms with Gasteiger partial charge in [0.05, 0.1) is 23.4 Å². The minimum Gasteiger partial charge on any atom is -0.390 e. The first-order valence-corrected chi connectivity index (χ1v) is 8.83. The zero-order valence-corrected chi connectivity index (χ0v) is 14.1. The molecule has 1 N–H and O–H groups in total. The third-order valence-corrected chi connectivity index (χ3v) is 5.60. The van der Waals surface area contributed by atoms with Crippen LogP contribution < -0.4 is 0 Å². The molecule has 0 radical (unpaired) electrons. The maximum absolute atomic E-state index is 10.3. The second kappa shape index (κ2) is 6.89. The summed E-state index contributed by atoms with van der Waals surface area (Å²) in [5, 5.41) is 15.7. The van der Waals surface area contributed by atoms with Gasteiger partial charge in [0.25, 0.3) is 0 Å². The molecule has 2 heterocycles. The lowest BCUT2D eigenvalue weighted by atomic mass is 9.97. The Balaban J connectivity index is 1.65. The van der Waals surface area contributed by atoms with E-state index in [0.717, 1.165) is 19.3 Å². The van der Waals surface area contributed by atoms with Gasteiger partial charge in [-0.2, -0.15) is 5.10 Å². The molecule has 0 spiro atoms. The Morgan fingerprint density at radius 1 is 1.55 bits per heavy atom. The number of hydrogen-bond donors (Lipinski definition) is 1. The molecule has 2 aromatic rings. The summed E-state index contributed by atoms with van der Waals surface area (Å²) in [6.45, 7) is 3.36. The van der Waals surface area contributed by atoms with Gasteiger partial charge in [-0.1, -0.05) is 6.92 Å². The van der Waals surface area contributed by atoms with Crippen molar-refractivity contribution >= 4 is 11.3 Å². The van der Waals surface area contributed by atoms with E-state index in [1.54, 1.807) is 10.9 Å². The van der Waals surface area contributed by atoms with Crippen LogP contribution in [0.1, 0.15) is 41.4 Å². The highest BCUT2D eigenvalue weighted by Gasteiger charge is 2.28. The summed E-state index contributed by atoms with van der Waals surface area (Å²) in [6, 6.07) is 2.28. The van der Waals surface area contributed by atoms with Crippen LogP contribution in [0.2, 0.25) is 0 Å². The summed E-state index contributed by atoms with van der Waals surface area (Å²) in [5.74, 6) is 0. The normalized spacial score (nSPS) is 19.4. The summed E-state index contributed by atoms with van der Waals surface area (Å²) in [4.78, 5) is 8.45. The number of aryl methyl sites for hydroxylation is 2. The highest BCUT2D eigenvalue weighted by molar-refractivity contribution is 7.11. The van der Waals surface area contributed by atoms with Crippen molar-refractivity contribution in [2.75, 3.05) is 13.6 Å². The van der Waals surface area contributed by atoms with E-state index in [1.807, 2.05) is 23.6 Å². The van der Waals surface area contributed by atoms with E-state index >= 15 is 0 Å². The minimum atomic E-state index is -0.408. The molecule has 1 aliphatic carbocycles. The van der Waals surface area contributed by atoms with Crippen molar-refractivity contribution < 1.29 is 5.11 Å². The molecular weight excluding hydrogens is 296 g/mol. The number of likely N-dealkylation sites (N-methyl/N-ethyl adjacent to an activating group) is 1. The summed E-state index contributed by atoms with van der Waals surface area (Å²) in [6.07, 6.45) is 7.68. The maximum Gasteiger partial charge on any atom is 0.0928 e. The van der Waals surface area contributed by atoms with E-state index in [1.165, 1.54) is 22.0 Å². The molecule has 0 unspecified atom stereocenters. The average Bonchev–Trinajstić information content (AvgIpc) is 3.14. The van der Waals surface area contributed by atoms with Gasteiger partial charge in [0.1, 0.15) is 0 Å². The first-order valence-electron chi connectivity index (χ1n) is 8.01. The largest absolute Gasteiger partial charge is 0.390 e. The predicted molar refractivity (Wildman–Crippen MR) is 88.0 cm³/mol. The summed E-state index contributed by atoms with van der Waals surface area (Å²) in [5.41, 5.74) is 1.28. The summed E-state index contributed by atoms with van der Waals surface area (Å²) in [7, 11) is 2.11. The van der Waals surface area contributed by atoms with Gasteiger partial charge < -0.3 is 5.11 Å². The first-order chi connectivity index (χ1) is 10.7. The van der Waals surface area contributed by atoms with Crippen LogP contribution in [0.15, 0.2) is 18.5 Å². The van der Waals surface area contributed by atoms with Crippen LogP contribution in [0, 0.1) is 0 Å². The number of aliphatic hydroxyl groups is 1. The molecule has 1 aliphatic rings. The van der Waals surface area contributed by atoms with Gasteiger partial charge in [-0.15, -0.1) is 11.3 Å². The summed E-state index contributed by atoms with van der Waals surface area (Å²) < 4.78 is 1.78. The minimum absolute atomic E-state index is 0.397. The molecule has 5 nitrogen and oxygen atoms in total. The number of aromatic nitrogens is 3. The van der Waals surface area contributed by atoms with Crippen LogP contribution in [0.5, 0.6) is 0 Å². The zero-order chi connectivity index (χ0) is 15.5. The Hall–Kier alpha value is -1.24. The fourth-order valence-electron chi connectivity index (χ4n) is 3.16. The smallest absolute Gasteiger partial charge is 0.0928 e. The van der Waals surface area contributed by atoms with Crippen LogP contribution in [0.25, 0.3) is 0 Å². The third-order valence-electron chi connectivity index (χ3n) is 4.26. The first kappa shape index (κ1) is 15.6. The van der Waals surface area contributed by atoms with Gasteiger partial charge in [-0.3, -0.25) is 9.58 Å². The lowest BCUT2D eigenvalue weighted by Gasteiger charge is -2.32. The number of rotatable bonds is 6. The van der Waals surface area contributed by atoms with E-state index in [-0.39, 0.29) is 0 Å². The van der Waals surface area contributed by atoms with Crippen molar-refractivity contribution in [3.63, 3.8) is 0 Å². The lowest BCUT2D eigenvalue weighted by molar-refractivity contribution is 0.0838. The molecule has 0 fully saturated rings. The highest BCUT2D eigenvalue weighted by atomic mass is 32.1. The fraction of sp³-hybridized carbons (Fsp3) is 0.625. The Labute approximate surface area is 135 Å². The average molecular weight is 320 g/mol. The van der Waals surface area contributed by atoms with E-state index in [0.29, 0.717) is 19.1 Å². The Kier molecular flexibility index (Phi) is 4.90. The van der Waals surface area contributed by atoms with Gasteiger partial charge in [0.15, 0.2) is 0 Å². The molecule has 2 aromatic heterocycles. The quantitative estimate of drug-likeness (QED) is 0.887. The Morgan fingerprint density at radius 2 is 2.41 bits per heavy atom.